The Hall–Kier alpha value is -2.58. The highest BCUT2D eigenvalue weighted by Gasteiger charge is 2.39. The molecule has 0 fully saturated rings. The summed E-state index contributed by atoms with van der Waals surface area (Å²) in [4.78, 5) is 17.1. The van der Waals surface area contributed by atoms with Crippen molar-refractivity contribution in [3.63, 3.8) is 0 Å². The fourth-order valence-corrected chi connectivity index (χ4v) is 2.42. The minimum atomic E-state index is -4.76. The van der Waals surface area contributed by atoms with Crippen LogP contribution >= 0.6 is 0 Å². The number of hydrogen-bond donors (Lipinski definition) is 1. The molecule has 0 bridgehead atoms. The van der Waals surface area contributed by atoms with Crippen LogP contribution in [0.15, 0.2) is 23.1 Å². The molecule has 0 amide bonds. The average molecular weight is 312 g/mol. The molecule has 0 aliphatic carbocycles. The second-order valence-corrected chi connectivity index (χ2v) is 4.77. The predicted molar refractivity (Wildman–Crippen MR) is 70.5 cm³/mol. The standard InChI is InChI=1S/C13H11F3N4O2/c1-22-10-3-2-7-5-20(6-8(7)18-10)9-4-17-19-12(21)11(9)13(14,15)16/h2-4H,5-6H2,1H3,(H,19,21). The van der Waals surface area contributed by atoms with Crippen LogP contribution in [0.5, 0.6) is 5.88 Å². The van der Waals surface area contributed by atoms with Gasteiger partial charge in [-0.25, -0.2) is 10.1 Å². The number of aromatic nitrogens is 3. The third-order valence-corrected chi connectivity index (χ3v) is 3.41. The first-order valence-electron chi connectivity index (χ1n) is 6.32. The van der Waals surface area contributed by atoms with Crippen molar-refractivity contribution in [3.05, 3.63) is 45.5 Å². The zero-order valence-corrected chi connectivity index (χ0v) is 11.4. The number of nitrogens with one attached hydrogen (secondary N) is 1. The van der Waals surface area contributed by atoms with Crippen molar-refractivity contribution in [1.29, 1.82) is 0 Å². The predicted octanol–water partition coefficient (Wildman–Crippen LogP) is 1.71. The molecular weight excluding hydrogens is 301 g/mol. The SMILES string of the molecule is COc1ccc2c(n1)CN(c1cn[nH]c(=O)c1C(F)(F)F)C2. The van der Waals surface area contributed by atoms with Crippen LogP contribution in [0.25, 0.3) is 0 Å². The second kappa shape index (κ2) is 5.00. The zero-order chi connectivity index (χ0) is 15.9. The van der Waals surface area contributed by atoms with E-state index in [-0.39, 0.29) is 18.8 Å². The van der Waals surface area contributed by atoms with Gasteiger partial charge in [0, 0.05) is 12.6 Å². The van der Waals surface area contributed by atoms with Gasteiger partial charge in [0.05, 0.1) is 31.2 Å². The van der Waals surface area contributed by atoms with E-state index in [0.29, 0.717) is 11.6 Å². The van der Waals surface area contributed by atoms with Gasteiger partial charge in [-0.2, -0.15) is 18.3 Å². The van der Waals surface area contributed by atoms with Gasteiger partial charge in [-0.05, 0) is 11.6 Å². The van der Waals surface area contributed by atoms with Gasteiger partial charge in [0.25, 0.3) is 5.56 Å². The van der Waals surface area contributed by atoms with Gasteiger partial charge in [0.1, 0.15) is 5.56 Å². The molecule has 0 saturated carbocycles. The fraction of sp³-hybridized carbons (Fsp3) is 0.308. The number of nitrogens with zero attached hydrogens (tertiary/aromatic N) is 3. The number of ether oxygens (including phenoxy) is 1. The molecule has 3 heterocycles. The van der Waals surface area contributed by atoms with E-state index in [0.717, 1.165) is 11.8 Å². The van der Waals surface area contributed by atoms with Crippen molar-refractivity contribution >= 4 is 5.69 Å². The van der Waals surface area contributed by atoms with E-state index in [1.807, 2.05) is 5.10 Å². The van der Waals surface area contributed by atoms with E-state index in [1.54, 1.807) is 12.1 Å². The molecule has 1 aliphatic rings. The maximum absolute atomic E-state index is 13.1. The van der Waals surface area contributed by atoms with Gasteiger partial charge < -0.3 is 9.64 Å². The molecule has 0 atom stereocenters. The first-order valence-corrected chi connectivity index (χ1v) is 6.32. The van der Waals surface area contributed by atoms with Crippen LogP contribution in [0.1, 0.15) is 16.8 Å². The summed E-state index contributed by atoms with van der Waals surface area (Å²) in [5.41, 5.74) is -1.36. The highest BCUT2D eigenvalue weighted by molar-refractivity contribution is 5.55. The van der Waals surface area contributed by atoms with Crippen molar-refractivity contribution in [3.8, 4) is 5.88 Å². The monoisotopic (exact) mass is 312 g/mol. The van der Waals surface area contributed by atoms with Crippen molar-refractivity contribution in [1.82, 2.24) is 15.2 Å². The summed E-state index contributed by atoms with van der Waals surface area (Å²) in [6, 6.07) is 3.39. The zero-order valence-electron chi connectivity index (χ0n) is 11.4. The Labute approximate surface area is 122 Å². The third kappa shape index (κ3) is 2.38. The lowest BCUT2D eigenvalue weighted by Crippen LogP contribution is -2.28. The van der Waals surface area contributed by atoms with Crippen molar-refractivity contribution in [2.45, 2.75) is 19.3 Å². The lowest BCUT2D eigenvalue weighted by Gasteiger charge is -2.20. The topological polar surface area (TPSA) is 71.1 Å². The molecule has 116 valence electrons. The van der Waals surface area contributed by atoms with E-state index in [2.05, 4.69) is 10.1 Å². The Kier molecular flexibility index (Phi) is 3.27. The molecule has 9 heteroatoms. The Morgan fingerprint density at radius 3 is 2.77 bits per heavy atom. The quantitative estimate of drug-likeness (QED) is 0.914. The van der Waals surface area contributed by atoms with Crippen LogP contribution in [0.2, 0.25) is 0 Å². The molecular formula is C13H11F3N4O2. The van der Waals surface area contributed by atoms with Crippen LogP contribution in [0.3, 0.4) is 0 Å². The smallest absolute Gasteiger partial charge is 0.423 e. The number of methoxy groups -OCH3 is 1. The van der Waals surface area contributed by atoms with Gasteiger partial charge in [-0.15, -0.1) is 0 Å². The number of fused-ring (bicyclic) bond motifs is 1. The number of anilines is 1. The minimum absolute atomic E-state index is 0.154. The summed E-state index contributed by atoms with van der Waals surface area (Å²) in [5, 5.41) is 5.30. The number of pyridine rings is 1. The van der Waals surface area contributed by atoms with Gasteiger partial charge >= 0.3 is 6.18 Å². The van der Waals surface area contributed by atoms with E-state index in [4.69, 9.17) is 4.74 Å². The number of aromatic amines is 1. The Morgan fingerprint density at radius 1 is 1.32 bits per heavy atom. The molecule has 2 aromatic heterocycles. The summed E-state index contributed by atoms with van der Waals surface area (Å²) in [5.74, 6) is 0.390. The molecule has 0 radical (unpaired) electrons. The van der Waals surface area contributed by atoms with Crippen LogP contribution < -0.4 is 15.2 Å². The minimum Gasteiger partial charge on any atom is -0.481 e. The second-order valence-electron chi connectivity index (χ2n) is 4.77. The molecule has 0 saturated heterocycles. The maximum Gasteiger partial charge on any atom is 0.423 e. The largest absolute Gasteiger partial charge is 0.481 e. The van der Waals surface area contributed by atoms with E-state index < -0.39 is 17.3 Å². The molecule has 6 nitrogen and oxygen atoms in total. The molecule has 1 N–H and O–H groups in total. The van der Waals surface area contributed by atoms with Crippen LogP contribution in [-0.4, -0.2) is 22.3 Å². The first kappa shape index (κ1) is 14.4. The highest BCUT2D eigenvalue weighted by atomic mass is 19.4. The normalized spacial score (nSPS) is 14.1. The molecule has 22 heavy (non-hydrogen) atoms. The molecule has 1 aliphatic heterocycles. The average Bonchev–Trinajstić information content (AvgIpc) is 2.88. The van der Waals surface area contributed by atoms with Crippen molar-refractivity contribution in [2.24, 2.45) is 0 Å². The lowest BCUT2D eigenvalue weighted by atomic mass is 10.2. The van der Waals surface area contributed by atoms with E-state index in [9.17, 15) is 18.0 Å². The van der Waals surface area contributed by atoms with Gasteiger partial charge in [0.2, 0.25) is 5.88 Å². The summed E-state index contributed by atoms with van der Waals surface area (Å²) in [6.45, 7) is 0.376. The molecule has 0 unspecified atom stereocenters. The van der Waals surface area contributed by atoms with Crippen LogP contribution in [0.4, 0.5) is 18.9 Å². The summed E-state index contributed by atoms with van der Waals surface area (Å²) in [6.07, 6.45) is -3.75. The number of rotatable bonds is 2. The first-order chi connectivity index (χ1) is 10.4. The third-order valence-electron chi connectivity index (χ3n) is 3.41. The number of hydrogen-bond acceptors (Lipinski definition) is 5. The number of halogens is 3. The number of H-pyrrole nitrogens is 1. The summed E-state index contributed by atoms with van der Waals surface area (Å²) in [7, 11) is 1.46. The van der Waals surface area contributed by atoms with Gasteiger partial charge in [-0.3, -0.25) is 4.79 Å². The molecule has 2 aromatic rings. The molecule has 0 aromatic carbocycles. The summed E-state index contributed by atoms with van der Waals surface area (Å²) >= 11 is 0. The van der Waals surface area contributed by atoms with E-state index >= 15 is 0 Å². The van der Waals surface area contributed by atoms with E-state index in [1.165, 1.54) is 12.0 Å². The van der Waals surface area contributed by atoms with Gasteiger partial charge in [-0.1, -0.05) is 0 Å². The lowest BCUT2D eigenvalue weighted by molar-refractivity contribution is -0.138. The van der Waals surface area contributed by atoms with Crippen molar-refractivity contribution in [2.75, 3.05) is 12.0 Å². The Morgan fingerprint density at radius 2 is 2.09 bits per heavy atom. The molecule has 3 rings (SSSR count). The highest BCUT2D eigenvalue weighted by Crippen LogP contribution is 2.36. The fourth-order valence-electron chi connectivity index (χ4n) is 2.42. The van der Waals surface area contributed by atoms with Crippen LogP contribution in [0, 0.1) is 0 Å². The number of alkyl halides is 3. The Bertz CT molecular complexity index is 773. The molecule has 0 spiro atoms. The van der Waals surface area contributed by atoms with Crippen LogP contribution in [-0.2, 0) is 19.3 Å². The maximum atomic E-state index is 13.1. The summed E-state index contributed by atoms with van der Waals surface area (Å²) < 4.78 is 44.3. The van der Waals surface area contributed by atoms with Crippen molar-refractivity contribution < 1.29 is 17.9 Å². The Balaban J connectivity index is 2.01. The van der Waals surface area contributed by atoms with Gasteiger partial charge in [0.15, 0.2) is 0 Å².